The first-order valence-electron chi connectivity index (χ1n) is 8.69. The first-order chi connectivity index (χ1) is 12.6. The Morgan fingerprint density at radius 1 is 1.15 bits per heavy atom. The lowest BCUT2D eigenvalue weighted by atomic mass is 9.86. The molecule has 0 saturated carbocycles. The molecule has 1 aliphatic heterocycles. The van der Waals surface area contributed by atoms with Gasteiger partial charge in [0.2, 0.25) is 0 Å². The molecule has 2 heterocycles. The summed E-state index contributed by atoms with van der Waals surface area (Å²) in [4.78, 5) is 19.3. The van der Waals surface area contributed by atoms with Gasteiger partial charge in [-0.25, -0.2) is 0 Å². The third-order valence-corrected chi connectivity index (χ3v) is 4.88. The summed E-state index contributed by atoms with van der Waals surface area (Å²) in [6.07, 6.45) is 0.759. The number of nitrogens with zero attached hydrogens (tertiary/aromatic N) is 2. The van der Waals surface area contributed by atoms with E-state index < -0.39 is 5.91 Å². The Kier molecular flexibility index (Phi) is 3.99. The first-order valence-corrected chi connectivity index (χ1v) is 8.69. The molecule has 1 amide bonds. The van der Waals surface area contributed by atoms with Crippen molar-refractivity contribution in [3.05, 3.63) is 65.4 Å². The van der Waals surface area contributed by atoms with E-state index in [1.54, 1.807) is 0 Å². The van der Waals surface area contributed by atoms with Crippen LogP contribution in [0, 0.1) is 0 Å². The van der Waals surface area contributed by atoms with Crippen LogP contribution in [0.15, 0.2) is 48.5 Å². The Balaban J connectivity index is 2.05. The fraction of sp³-hybridized carbons (Fsp3) is 0.238. The van der Waals surface area contributed by atoms with Gasteiger partial charge in [-0.3, -0.25) is 9.78 Å². The lowest BCUT2D eigenvalue weighted by Gasteiger charge is -2.29. The fourth-order valence-corrected chi connectivity index (χ4v) is 3.80. The Morgan fingerprint density at radius 2 is 1.88 bits per heavy atom. The second-order valence-electron chi connectivity index (χ2n) is 6.72. The number of para-hydroxylation sites is 2. The van der Waals surface area contributed by atoms with Crippen LogP contribution in [0.3, 0.4) is 0 Å². The molecule has 1 aliphatic rings. The number of ether oxygens (including phenoxy) is 1. The number of nitrogens with two attached hydrogens (primary N) is 1. The van der Waals surface area contributed by atoms with E-state index in [-0.39, 0.29) is 5.92 Å². The van der Waals surface area contributed by atoms with Gasteiger partial charge < -0.3 is 15.4 Å². The standard InChI is InChI=1S/C21H21N3O2/c1-24(2)20-15-8-3-5-9-16(15)23-19(18(20)21(22)25)14-11-12-26-17-10-6-4-7-13(14)17/h3-10,14H,11-12H2,1-2H3,(H2,22,25). The van der Waals surface area contributed by atoms with E-state index in [1.807, 2.05) is 67.5 Å². The molecular formula is C21H21N3O2. The minimum absolute atomic E-state index is 0.0224. The van der Waals surface area contributed by atoms with Crippen molar-refractivity contribution < 1.29 is 9.53 Å². The largest absolute Gasteiger partial charge is 0.493 e. The van der Waals surface area contributed by atoms with Gasteiger partial charge in [0.1, 0.15) is 5.75 Å². The second kappa shape index (κ2) is 6.33. The van der Waals surface area contributed by atoms with Crippen molar-refractivity contribution in [2.75, 3.05) is 25.6 Å². The van der Waals surface area contributed by atoms with Gasteiger partial charge in [-0.1, -0.05) is 36.4 Å². The lowest BCUT2D eigenvalue weighted by molar-refractivity contribution is 0.0999. The number of amides is 1. The predicted octanol–water partition coefficient (Wildman–Crippen LogP) is 3.31. The van der Waals surface area contributed by atoms with Gasteiger partial charge in [-0.2, -0.15) is 0 Å². The zero-order valence-corrected chi connectivity index (χ0v) is 14.9. The molecule has 5 heteroatoms. The summed E-state index contributed by atoms with van der Waals surface area (Å²) >= 11 is 0. The van der Waals surface area contributed by atoms with E-state index >= 15 is 0 Å². The zero-order chi connectivity index (χ0) is 18.3. The smallest absolute Gasteiger partial charge is 0.252 e. The number of hydrogen-bond acceptors (Lipinski definition) is 4. The Morgan fingerprint density at radius 3 is 2.65 bits per heavy atom. The third-order valence-electron chi connectivity index (χ3n) is 4.88. The van der Waals surface area contributed by atoms with E-state index in [0.717, 1.165) is 40.0 Å². The SMILES string of the molecule is CN(C)c1c(C(N)=O)c(C2CCOc3ccccc32)nc2ccccc12. The van der Waals surface area contributed by atoms with Crippen LogP contribution in [0.1, 0.15) is 34.0 Å². The Hall–Kier alpha value is -3.08. The summed E-state index contributed by atoms with van der Waals surface area (Å²) in [5.74, 6) is 0.372. The van der Waals surface area contributed by atoms with Gasteiger partial charge in [0, 0.05) is 31.0 Å². The monoisotopic (exact) mass is 347 g/mol. The molecule has 1 unspecified atom stereocenters. The van der Waals surface area contributed by atoms with E-state index in [2.05, 4.69) is 0 Å². The van der Waals surface area contributed by atoms with E-state index in [1.165, 1.54) is 0 Å². The molecule has 0 saturated heterocycles. The minimum Gasteiger partial charge on any atom is -0.493 e. The molecule has 1 atom stereocenters. The highest BCUT2D eigenvalue weighted by molar-refractivity contribution is 6.08. The van der Waals surface area contributed by atoms with Crippen LogP contribution >= 0.6 is 0 Å². The fourth-order valence-electron chi connectivity index (χ4n) is 3.80. The first kappa shape index (κ1) is 16.4. The zero-order valence-electron chi connectivity index (χ0n) is 14.9. The van der Waals surface area contributed by atoms with E-state index in [0.29, 0.717) is 12.2 Å². The van der Waals surface area contributed by atoms with Crippen LogP contribution in [-0.2, 0) is 0 Å². The second-order valence-corrected chi connectivity index (χ2v) is 6.72. The summed E-state index contributed by atoms with van der Waals surface area (Å²) in [6, 6.07) is 15.8. The number of anilines is 1. The van der Waals surface area contributed by atoms with Crippen LogP contribution < -0.4 is 15.4 Å². The van der Waals surface area contributed by atoms with Crippen LogP contribution in [0.25, 0.3) is 10.9 Å². The molecule has 0 radical (unpaired) electrons. The molecule has 3 aromatic rings. The average molecular weight is 347 g/mol. The van der Waals surface area contributed by atoms with Gasteiger partial charge in [-0.05, 0) is 18.6 Å². The quantitative estimate of drug-likeness (QED) is 0.789. The summed E-state index contributed by atoms with van der Waals surface area (Å²) in [5, 5.41) is 0.926. The molecule has 4 rings (SSSR count). The van der Waals surface area contributed by atoms with Crippen molar-refractivity contribution in [1.82, 2.24) is 4.98 Å². The average Bonchev–Trinajstić information content (AvgIpc) is 2.65. The molecule has 0 fully saturated rings. The van der Waals surface area contributed by atoms with Gasteiger partial charge >= 0.3 is 0 Å². The highest BCUT2D eigenvalue weighted by Gasteiger charge is 2.30. The highest BCUT2D eigenvalue weighted by Crippen LogP contribution is 2.41. The molecule has 0 bridgehead atoms. The van der Waals surface area contributed by atoms with Gasteiger partial charge in [0.15, 0.2) is 0 Å². The minimum atomic E-state index is -0.453. The van der Waals surface area contributed by atoms with Gasteiger partial charge in [-0.15, -0.1) is 0 Å². The van der Waals surface area contributed by atoms with Crippen molar-refractivity contribution in [2.45, 2.75) is 12.3 Å². The maximum absolute atomic E-state index is 12.5. The molecule has 2 aromatic carbocycles. The Labute approximate surface area is 152 Å². The molecule has 5 nitrogen and oxygen atoms in total. The highest BCUT2D eigenvalue weighted by atomic mass is 16.5. The molecule has 0 aliphatic carbocycles. The Bertz CT molecular complexity index is 998. The number of pyridine rings is 1. The van der Waals surface area contributed by atoms with Crippen LogP contribution in [0.4, 0.5) is 5.69 Å². The maximum atomic E-state index is 12.5. The molecule has 26 heavy (non-hydrogen) atoms. The predicted molar refractivity (Wildman–Crippen MR) is 103 cm³/mol. The lowest BCUT2D eigenvalue weighted by Crippen LogP contribution is -2.25. The van der Waals surface area contributed by atoms with Crippen molar-refractivity contribution in [2.24, 2.45) is 5.73 Å². The number of carbonyl (C=O) groups excluding carboxylic acids is 1. The maximum Gasteiger partial charge on any atom is 0.252 e. The van der Waals surface area contributed by atoms with Gasteiger partial charge in [0.05, 0.1) is 29.1 Å². The van der Waals surface area contributed by atoms with Crippen LogP contribution in [0.5, 0.6) is 5.75 Å². The third kappa shape index (κ3) is 2.56. The molecule has 0 spiro atoms. The van der Waals surface area contributed by atoms with Crippen molar-refractivity contribution in [1.29, 1.82) is 0 Å². The van der Waals surface area contributed by atoms with Gasteiger partial charge in [0.25, 0.3) is 5.91 Å². The molecule has 1 aromatic heterocycles. The van der Waals surface area contributed by atoms with E-state index in [4.69, 9.17) is 15.5 Å². The van der Waals surface area contributed by atoms with Crippen molar-refractivity contribution in [3.8, 4) is 5.75 Å². The number of benzene rings is 2. The van der Waals surface area contributed by atoms with Crippen molar-refractivity contribution in [3.63, 3.8) is 0 Å². The summed E-state index contributed by atoms with van der Waals surface area (Å²) in [6.45, 7) is 0.589. The summed E-state index contributed by atoms with van der Waals surface area (Å²) in [5.41, 5.74) is 9.79. The normalized spacial score (nSPS) is 16.0. The topological polar surface area (TPSA) is 68.5 Å². The number of rotatable bonds is 3. The number of carbonyl (C=O) groups is 1. The van der Waals surface area contributed by atoms with Crippen molar-refractivity contribution >= 4 is 22.5 Å². The molecule has 2 N–H and O–H groups in total. The number of fused-ring (bicyclic) bond motifs is 2. The van der Waals surface area contributed by atoms with E-state index in [9.17, 15) is 4.79 Å². The number of primary amides is 1. The summed E-state index contributed by atoms with van der Waals surface area (Å²) in [7, 11) is 3.85. The van der Waals surface area contributed by atoms with Crippen LogP contribution in [-0.4, -0.2) is 31.6 Å². The number of aromatic nitrogens is 1. The molecule has 132 valence electrons. The van der Waals surface area contributed by atoms with Crippen LogP contribution in [0.2, 0.25) is 0 Å². The summed E-state index contributed by atoms with van der Waals surface area (Å²) < 4.78 is 5.79. The molecular weight excluding hydrogens is 326 g/mol. The number of hydrogen-bond donors (Lipinski definition) is 1.